The summed E-state index contributed by atoms with van der Waals surface area (Å²) in [5.41, 5.74) is -1.51. The van der Waals surface area contributed by atoms with Crippen LogP contribution in [0, 0.1) is 0 Å². The number of hydrogen-bond donors (Lipinski definition) is 4. The molecule has 1 unspecified atom stereocenters. The Morgan fingerprint density at radius 2 is 2.14 bits per heavy atom. The Hall–Kier alpha value is -2.20. The van der Waals surface area contributed by atoms with Crippen LogP contribution in [0.15, 0.2) is 22.8 Å². The van der Waals surface area contributed by atoms with Crippen LogP contribution in [0.25, 0.3) is 5.65 Å². The van der Waals surface area contributed by atoms with Crippen molar-refractivity contribution in [3.8, 4) is 0 Å². The van der Waals surface area contributed by atoms with Crippen molar-refractivity contribution >= 4 is 39.5 Å². The maximum absolute atomic E-state index is 11.7. The van der Waals surface area contributed by atoms with Crippen molar-refractivity contribution in [2.24, 2.45) is 0 Å². The van der Waals surface area contributed by atoms with Gasteiger partial charge in [-0.3, -0.25) is 9.72 Å². The summed E-state index contributed by atoms with van der Waals surface area (Å²) >= 11 is 3.29. The van der Waals surface area contributed by atoms with Gasteiger partial charge >= 0.3 is 12.0 Å². The minimum atomic E-state index is -2.05. The molecule has 10 heteroatoms. The molecule has 112 valence electrons. The van der Waals surface area contributed by atoms with Crippen molar-refractivity contribution in [1.29, 1.82) is 0 Å². The zero-order chi connectivity index (χ0) is 15.6. The highest BCUT2D eigenvalue weighted by molar-refractivity contribution is 9.10. The zero-order valence-electron chi connectivity index (χ0n) is 10.9. The second kappa shape index (κ2) is 5.66. The third-order valence-electron chi connectivity index (χ3n) is 2.65. The van der Waals surface area contributed by atoms with Crippen molar-refractivity contribution in [2.75, 3.05) is 11.9 Å². The second-order valence-electron chi connectivity index (χ2n) is 4.49. The molecule has 0 saturated carbocycles. The smallest absolute Gasteiger partial charge is 0.337 e. The van der Waals surface area contributed by atoms with E-state index in [4.69, 9.17) is 5.11 Å². The molecular formula is C11H12BrN5O4. The fourth-order valence-electron chi connectivity index (χ4n) is 1.42. The number of carboxylic acids is 1. The largest absolute Gasteiger partial charge is 0.479 e. The van der Waals surface area contributed by atoms with Crippen molar-refractivity contribution in [3.63, 3.8) is 0 Å². The molecule has 2 amide bonds. The first-order valence-corrected chi connectivity index (χ1v) is 6.60. The molecule has 0 aromatic carbocycles. The van der Waals surface area contributed by atoms with Gasteiger partial charge in [0.25, 0.3) is 0 Å². The first kappa shape index (κ1) is 15.2. The highest BCUT2D eigenvalue weighted by atomic mass is 79.9. The van der Waals surface area contributed by atoms with Crippen LogP contribution in [0.1, 0.15) is 6.92 Å². The van der Waals surface area contributed by atoms with Gasteiger partial charge in [-0.1, -0.05) is 0 Å². The average Bonchev–Trinajstić information content (AvgIpc) is 2.79. The van der Waals surface area contributed by atoms with Crippen LogP contribution in [-0.4, -0.2) is 49.0 Å². The summed E-state index contributed by atoms with van der Waals surface area (Å²) in [5, 5.41) is 30.5. The van der Waals surface area contributed by atoms with Crippen LogP contribution in [-0.2, 0) is 4.79 Å². The van der Waals surface area contributed by atoms with Gasteiger partial charge < -0.3 is 15.5 Å². The Morgan fingerprint density at radius 1 is 1.43 bits per heavy atom. The van der Waals surface area contributed by atoms with E-state index < -0.39 is 24.1 Å². The number of amides is 2. The number of pyridine rings is 1. The molecule has 21 heavy (non-hydrogen) atoms. The van der Waals surface area contributed by atoms with Gasteiger partial charge in [0.15, 0.2) is 11.2 Å². The number of hydrogen-bond acceptors (Lipinski definition) is 5. The summed E-state index contributed by atoms with van der Waals surface area (Å²) in [7, 11) is 0. The minimum absolute atomic E-state index is 0.166. The fourth-order valence-corrected chi connectivity index (χ4v) is 1.76. The van der Waals surface area contributed by atoms with Gasteiger partial charge in [0.1, 0.15) is 0 Å². The SMILES string of the molecule is CC(O)(CNC(=O)Nc1nnc2ccc(Br)cn12)C(=O)O. The van der Waals surface area contributed by atoms with Gasteiger partial charge in [-0.05, 0) is 35.0 Å². The molecule has 0 fully saturated rings. The summed E-state index contributed by atoms with van der Waals surface area (Å²) in [6, 6.07) is 2.78. The number of carboxylic acid groups (broad SMARTS) is 1. The van der Waals surface area contributed by atoms with Crippen LogP contribution < -0.4 is 10.6 Å². The number of carbonyl (C=O) groups excluding carboxylic acids is 1. The predicted molar refractivity (Wildman–Crippen MR) is 76.0 cm³/mol. The number of aromatic nitrogens is 3. The Bertz CT molecular complexity index is 699. The lowest BCUT2D eigenvalue weighted by atomic mass is 10.1. The van der Waals surface area contributed by atoms with Crippen LogP contribution in [0.5, 0.6) is 0 Å². The van der Waals surface area contributed by atoms with Gasteiger partial charge in [0.2, 0.25) is 5.95 Å². The summed E-state index contributed by atoms with van der Waals surface area (Å²) < 4.78 is 2.31. The molecular weight excluding hydrogens is 346 g/mol. The van der Waals surface area contributed by atoms with E-state index in [1.807, 2.05) is 0 Å². The molecule has 0 saturated heterocycles. The highest BCUT2D eigenvalue weighted by Gasteiger charge is 2.30. The normalized spacial score (nSPS) is 13.7. The third-order valence-corrected chi connectivity index (χ3v) is 3.11. The Labute approximate surface area is 127 Å². The first-order chi connectivity index (χ1) is 9.79. The summed E-state index contributed by atoms with van der Waals surface area (Å²) in [6.45, 7) is 0.633. The lowest BCUT2D eigenvalue weighted by Gasteiger charge is -2.18. The number of nitrogens with one attached hydrogen (secondary N) is 2. The average molecular weight is 358 g/mol. The Kier molecular flexibility index (Phi) is 4.09. The summed E-state index contributed by atoms with van der Waals surface area (Å²) in [6.07, 6.45) is 1.67. The summed E-state index contributed by atoms with van der Waals surface area (Å²) in [5.74, 6) is -1.27. The number of halogens is 1. The van der Waals surface area contributed by atoms with E-state index in [1.54, 1.807) is 22.7 Å². The van der Waals surface area contributed by atoms with Gasteiger partial charge in [0.05, 0.1) is 6.54 Å². The molecule has 0 bridgehead atoms. The van der Waals surface area contributed by atoms with Crippen molar-refractivity contribution in [2.45, 2.75) is 12.5 Å². The van der Waals surface area contributed by atoms with E-state index in [0.29, 0.717) is 5.65 Å². The molecule has 2 heterocycles. The van der Waals surface area contributed by atoms with Crippen LogP contribution in [0.3, 0.4) is 0 Å². The molecule has 0 aliphatic rings. The number of urea groups is 1. The molecule has 4 N–H and O–H groups in total. The number of rotatable bonds is 4. The van der Waals surface area contributed by atoms with Gasteiger partial charge in [0, 0.05) is 10.7 Å². The quantitative estimate of drug-likeness (QED) is 0.628. The highest BCUT2D eigenvalue weighted by Crippen LogP contribution is 2.14. The predicted octanol–water partition coefficient (Wildman–Crippen LogP) is 0.449. The number of fused-ring (bicyclic) bond motifs is 1. The van der Waals surface area contributed by atoms with E-state index in [-0.39, 0.29) is 5.95 Å². The van der Waals surface area contributed by atoms with E-state index in [2.05, 4.69) is 36.8 Å². The fraction of sp³-hybridized carbons (Fsp3) is 0.273. The summed E-state index contributed by atoms with van der Waals surface area (Å²) in [4.78, 5) is 22.4. The topological polar surface area (TPSA) is 129 Å². The zero-order valence-corrected chi connectivity index (χ0v) is 12.5. The molecule has 0 aliphatic carbocycles. The molecule has 2 rings (SSSR count). The van der Waals surface area contributed by atoms with Crippen molar-refractivity contribution in [1.82, 2.24) is 19.9 Å². The van der Waals surface area contributed by atoms with Gasteiger partial charge in [-0.15, -0.1) is 10.2 Å². The maximum atomic E-state index is 11.7. The molecule has 9 nitrogen and oxygen atoms in total. The number of aliphatic carboxylic acids is 1. The van der Waals surface area contributed by atoms with Crippen LogP contribution in [0.4, 0.5) is 10.7 Å². The van der Waals surface area contributed by atoms with Gasteiger partial charge in [-0.2, -0.15) is 0 Å². The first-order valence-electron chi connectivity index (χ1n) is 5.80. The van der Waals surface area contributed by atoms with E-state index >= 15 is 0 Å². The third kappa shape index (κ3) is 3.47. The standard InChI is InChI=1S/C11H12BrN5O4/c1-11(21,8(18)19)5-13-10(20)14-9-16-15-7-3-2-6(12)4-17(7)9/h2-4,21H,5H2,1H3,(H,18,19)(H2,13,14,16,20). The Morgan fingerprint density at radius 3 is 2.81 bits per heavy atom. The second-order valence-corrected chi connectivity index (χ2v) is 5.40. The number of nitrogens with zero attached hydrogens (tertiary/aromatic N) is 3. The van der Waals surface area contributed by atoms with E-state index in [9.17, 15) is 14.7 Å². The lowest BCUT2D eigenvalue weighted by Crippen LogP contribution is -2.47. The Balaban J connectivity index is 2.05. The monoisotopic (exact) mass is 357 g/mol. The van der Waals surface area contributed by atoms with Gasteiger partial charge in [-0.25, -0.2) is 9.59 Å². The van der Waals surface area contributed by atoms with Crippen molar-refractivity contribution in [3.05, 3.63) is 22.8 Å². The van der Waals surface area contributed by atoms with E-state index in [1.165, 1.54) is 0 Å². The molecule has 1 atom stereocenters. The minimum Gasteiger partial charge on any atom is -0.479 e. The van der Waals surface area contributed by atoms with Crippen molar-refractivity contribution < 1.29 is 19.8 Å². The number of carbonyl (C=O) groups is 2. The van der Waals surface area contributed by atoms with Crippen LogP contribution >= 0.6 is 15.9 Å². The lowest BCUT2D eigenvalue weighted by molar-refractivity contribution is -0.155. The molecule has 2 aromatic heterocycles. The molecule has 2 aromatic rings. The number of aliphatic hydroxyl groups is 1. The molecule has 0 radical (unpaired) electrons. The molecule has 0 spiro atoms. The number of anilines is 1. The maximum Gasteiger partial charge on any atom is 0.337 e. The van der Waals surface area contributed by atoms with E-state index in [0.717, 1.165) is 11.4 Å². The molecule has 0 aliphatic heterocycles. The van der Waals surface area contributed by atoms with Crippen LogP contribution in [0.2, 0.25) is 0 Å².